The van der Waals surface area contributed by atoms with Crippen molar-refractivity contribution in [2.75, 3.05) is 0 Å². The van der Waals surface area contributed by atoms with Gasteiger partial charge in [-0.15, -0.1) is 13.2 Å². The zero-order valence-electron chi connectivity index (χ0n) is 10.9. The molecular weight excluding hydrogens is 288 g/mol. The normalized spacial score (nSPS) is 11.3. The van der Waals surface area contributed by atoms with Gasteiger partial charge in [0.1, 0.15) is 11.6 Å². The molecule has 0 spiro atoms. The fourth-order valence-corrected chi connectivity index (χ4v) is 1.87. The lowest BCUT2D eigenvalue weighted by Gasteiger charge is -2.10. The van der Waals surface area contributed by atoms with Crippen LogP contribution in [0.4, 0.5) is 17.6 Å². The molecule has 2 nitrogen and oxygen atoms in total. The van der Waals surface area contributed by atoms with Crippen LogP contribution in [-0.2, 0) is 0 Å². The third-order valence-corrected chi connectivity index (χ3v) is 2.63. The number of ketones is 1. The molecule has 2 aromatic carbocycles. The van der Waals surface area contributed by atoms with Gasteiger partial charge in [-0.1, -0.05) is 12.1 Å². The molecule has 0 saturated heterocycles. The topological polar surface area (TPSA) is 26.3 Å². The summed E-state index contributed by atoms with van der Waals surface area (Å²) in [6.07, 6.45) is -4.84. The van der Waals surface area contributed by atoms with E-state index >= 15 is 0 Å². The van der Waals surface area contributed by atoms with Crippen molar-refractivity contribution in [2.24, 2.45) is 0 Å². The van der Waals surface area contributed by atoms with Crippen molar-refractivity contribution in [3.8, 4) is 5.75 Å². The molecular formula is C15H10F4O2. The monoisotopic (exact) mass is 298 g/mol. The number of carbonyl (C=O) groups is 1. The third-order valence-electron chi connectivity index (χ3n) is 2.63. The highest BCUT2D eigenvalue weighted by Crippen LogP contribution is 2.24. The SMILES string of the molecule is Cc1cc(F)cc(C(=O)c2cccc(OC(F)(F)F)c2)c1. The average Bonchev–Trinajstić information content (AvgIpc) is 2.35. The van der Waals surface area contributed by atoms with Gasteiger partial charge >= 0.3 is 6.36 Å². The Balaban J connectivity index is 2.33. The molecule has 0 radical (unpaired) electrons. The van der Waals surface area contributed by atoms with Crippen LogP contribution in [0.1, 0.15) is 21.5 Å². The summed E-state index contributed by atoms with van der Waals surface area (Å²) in [6, 6.07) is 8.40. The maximum absolute atomic E-state index is 13.3. The van der Waals surface area contributed by atoms with Crippen molar-refractivity contribution < 1.29 is 27.1 Å². The summed E-state index contributed by atoms with van der Waals surface area (Å²) in [5, 5.41) is 0. The second-order valence-corrected chi connectivity index (χ2v) is 4.42. The highest BCUT2D eigenvalue weighted by Gasteiger charge is 2.31. The summed E-state index contributed by atoms with van der Waals surface area (Å²) in [6.45, 7) is 1.61. The molecule has 0 aromatic heterocycles. The number of hydrogen-bond donors (Lipinski definition) is 0. The van der Waals surface area contributed by atoms with Gasteiger partial charge in [-0.2, -0.15) is 0 Å². The molecule has 2 rings (SSSR count). The van der Waals surface area contributed by atoms with Crippen molar-refractivity contribution in [1.29, 1.82) is 0 Å². The van der Waals surface area contributed by atoms with Crippen molar-refractivity contribution in [2.45, 2.75) is 13.3 Å². The minimum Gasteiger partial charge on any atom is -0.406 e. The Kier molecular flexibility index (Phi) is 3.97. The molecule has 0 amide bonds. The van der Waals surface area contributed by atoms with Crippen molar-refractivity contribution in [1.82, 2.24) is 0 Å². The Labute approximate surface area is 118 Å². The highest BCUT2D eigenvalue weighted by molar-refractivity contribution is 6.09. The molecule has 0 heterocycles. The van der Waals surface area contributed by atoms with Crippen LogP contribution in [0, 0.1) is 12.7 Å². The molecule has 21 heavy (non-hydrogen) atoms. The van der Waals surface area contributed by atoms with Crippen LogP contribution in [0.2, 0.25) is 0 Å². The van der Waals surface area contributed by atoms with E-state index in [2.05, 4.69) is 4.74 Å². The minimum absolute atomic E-state index is 0.0123. The van der Waals surface area contributed by atoms with Gasteiger partial charge in [0.05, 0.1) is 0 Å². The molecule has 0 N–H and O–H groups in total. The molecule has 0 saturated carbocycles. The Morgan fingerprint density at radius 2 is 1.76 bits per heavy atom. The zero-order valence-corrected chi connectivity index (χ0v) is 10.9. The van der Waals surface area contributed by atoms with E-state index in [4.69, 9.17) is 0 Å². The standard InChI is InChI=1S/C15H10F4O2/c1-9-5-11(7-12(16)6-9)14(20)10-3-2-4-13(8-10)21-15(17,18)19/h2-8H,1H3. The van der Waals surface area contributed by atoms with E-state index in [1.165, 1.54) is 24.3 Å². The molecule has 0 aliphatic heterocycles. The van der Waals surface area contributed by atoms with Gasteiger partial charge in [-0.3, -0.25) is 4.79 Å². The van der Waals surface area contributed by atoms with E-state index in [1.54, 1.807) is 6.92 Å². The fraction of sp³-hybridized carbons (Fsp3) is 0.133. The summed E-state index contributed by atoms with van der Waals surface area (Å²) in [4.78, 5) is 12.2. The molecule has 0 bridgehead atoms. The quantitative estimate of drug-likeness (QED) is 0.625. The van der Waals surface area contributed by atoms with Gasteiger partial charge in [0, 0.05) is 11.1 Å². The highest BCUT2D eigenvalue weighted by atomic mass is 19.4. The Hall–Kier alpha value is -2.37. The van der Waals surface area contributed by atoms with E-state index in [1.807, 2.05) is 0 Å². The lowest BCUT2D eigenvalue weighted by molar-refractivity contribution is -0.274. The van der Waals surface area contributed by atoms with Crippen LogP contribution in [0.15, 0.2) is 42.5 Å². The average molecular weight is 298 g/mol. The first-order chi connectivity index (χ1) is 9.74. The van der Waals surface area contributed by atoms with Gasteiger partial charge in [-0.25, -0.2) is 4.39 Å². The summed E-state index contributed by atoms with van der Waals surface area (Å²) in [5.41, 5.74) is 0.597. The van der Waals surface area contributed by atoms with E-state index in [-0.39, 0.29) is 11.1 Å². The number of aryl methyl sites for hydroxylation is 1. The summed E-state index contributed by atoms with van der Waals surface area (Å²) in [5.74, 6) is -1.66. The molecule has 0 fully saturated rings. The van der Waals surface area contributed by atoms with Gasteiger partial charge < -0.3 is 4.74 Å². The van der Waals surface area contributed by atoms with Crippen LogP contribution >= 0.6 is 0 Å². The number of benzene rings is 2. The van der Waals surface area contributed by atoms with Crippen LogP contribution < -0.4 is 4.74 Å². The lowest BCUT2D eigenvalue weighted by atomic mass is 10.0. The largest absolute Gasteiger partial charge is 0.573 e. The molecule has 6 heteroatoms. The predicted molar refractivity (Wildman–Crippen MR) is 67.7 cm³/mol. The molecule has 0 atom stereocenters. The third kappa shape index (κ3) is 4.05. The fourth-order valence-electron chi connectivity index (χ4n) is 1.87. The number of rotatable bonds is 3. The number of halogens is 4. The Morgan fingerprint density at radius 1 is 1.05 bits per heavy atom. The smallest absolute Gasteiger partial charge is 0.406 e. The van der Waals surface area contributed by atoms with E-state index in [9.17, 15) is 22.4 Å². The van der Waals surface area contributed by atoms with E-state index in [0.29, 0.717) is 5.56 Å². The second-order valence-electron chi connectivity index (χ2n) is 4.42. The van der Waals surface area contributed by atoms with Gasteiger partial charge in [0.25, 0.3) is 0 Å². The summed E-state index contributed by atoms with van der Waals surface area (Å²) < 4.78 is 53.5. The predicted octanol–water partition coefficient (Wildman–Crippen LogP) is 4.26. The molecule has 0 aliphatic carbocycles. The zero-order chi connectivity index (χ0) is 15.6. The van der Waals surface area contributed by atoms with E-state index < -0.39 is 23.7 Å². The number of carbonyl (C=O) groups excluding carboxylic acids is 1. The number of ether oxygens (including phenoxy) is 1. The second kappa shape index (κ2) is 5.55. The number of hydrogen-bond acceptors (Lipinski definition) is 2. The maximum atomic E-state index is 13.3. The first-order valence-corrected chi connectivity index (χ1v) is 5.92. The van der Waals surface area contributed by atoms with E-state index in [0.717, 1.165) is 18.2 Å². The van der Waals surface area contributed by atoms with Crippen LogP contribution in [0.25, 0.3) is 0 Å². The maximum Gasteiger partial charge on any atom is 0.573 e. The van der Waals surface area contributed by atoms with Crippen LogP contribution in [0.5, 0.6) is 5.75 Å². The molecule has 2 aromatic rings. The van der Waals surface area contributed by atoms with Crippen LogP contribution in [0.3, 0.4) is 0 Å². The summed E-state index contributed by atoms with van der Waals surface area (Å²) in [7, 11) is 0. The van der Waals surface area contributed by atoms with Crippen molar-refractivity contribution in [3.63, 3.8) is 0 Å². The molecule has 0 aliphatic rings. The Morgan fingerprint density at radius 3 is 2.38 bits per heavy atom. The van der Waals surface area contributed by atoms with Crippen molar-refractivity contribution in [3.05, 3.63) is 65.0 Å². The number of alkyl halides is 3. The minimum atomic E-state index is -4.84. The van der Waals surface area contributed by atoms with Crippen molar-refractivity contribution >= 4 is 5.78 Å². The first kappa shape index (κ1) is 15.0. The van der Waals surface area contributed by atoms with Crippen LogP contribution in [-0.4, -0.2) is 12.1 Å². The molecule has 110 valence electrons. The Bertz CT molecular complexity index is 657. The summed E-state index contributed by atoms with van der Waals surface area (Å²) >= 11 is 0. The van der Waals surface area contributed by atoms with Gasteiger partial charge in [0.2, 0.25) is 0 Å². The van der Waals surface area contributed by atoms with Gasteiger partial charge in [-0.05, 0) is 42.8 Å². The first-order valence-electron chi connectivity index (χ1n) is 5.92. The lowest BCUT2D eigenvalue weighted by Crippen LogP contribution is -2.17. The molecule has 0 unspecified atom stereocenters. The van der Waals surface area contributed by atoms with Gasteiger partial charge in [0.15, 0.2) is 5.78 Å².